The van der Waals surface area contributed by atoms with Crippen LogP contribution >= 0.6 is 0 Å². The fraction of sp³-hybridized carbons (Fsp3) is 0.744. The molecule has 1 aliphatic heterocycles. The minimum atomic E-state index is -0.331. The molecule has 0 aromatic heterocycles. The van der Waals surface area contributed by atoms with Gasteiger partial charge >= 0.3 is 5.97 Å². The molecule has 0 amide bonds. The third kappa shape index (κ3) is 16.0. The lowest BCUT2D eigenvalue weighted by molar-refractivity contribution is -0.136. The van der Waals surface area contributed by atoms with Gasteiger partial charge in [0.1, 0.15) is 0 Å². The Bertz CT molecular complexity index is 925. The lowest BCUT2D eigenvalue weighted by Crippen LogP contribution is -2.25. The van der Waals surface area contributed by atoms with E-state index in [0.29, 0.717) is 11.5 Å². The topological polar surface area (TPSA) is 41.9 Å². The van der Waals surface area contributed by atoms with Crippen molar-refractivity contribution >= 4 is 23.4 Å². The van der Waals surface area contributed by atoms with E-state index in [4.69, 9.17) is 4.84 Å². The second kappa shape index (κ2) is 23.3. The van der Waals surface area contributed by atoms with E-state index in [1.165, 1.54) is 140 Å². The fourth-order valence-corrected chi connectivity index (χ4v) is 6.11. The zero-order valence-electron chi connectivity index (χ0n) is 28.9. The van der Waals surface area contributed by atoms with Crippen molar-refractivity contribution < 1.29 is 9.63 Å². The van der Waals surface area contributed by atoms with E-state index in [2.05, 4.69) is 62.9 Å². The third-order valence-corrected chi connectivity index (χ3v) is 8.85. The summed E-state index contributed by atoms with van der Waals surface area (Å²) in [6, 6.07) is 6.75. The molecule has 0 bridgehead atoms. The monoisotopic (exact) mass is 595 g/mol. The van der Waals surface area contributed by atoms with Gasteiger partial charge in [-0.15, -0.1) is 0 Å². The first kappa shape index (κ1) is 37.1. The summed E-state index contributed by atoms with van der Waals surface area (Å²) in [4.78, 5) is 20.0. The molecular weight excluding hydrogens is 528 g/mol. The molecule has 1 aromatic rings. The molecule has 43 heavy (non-hydrogen) atoms. The molecule has 0 spiro atoms. The van der Waals surface area contributed by atoms with Gasteiger partial charge in [-0.3, -0.25) is 0 Å². The van der Waals surface area contributed by atoms with Crippen LogP contribution < -0.4 is 4.90 Å². The van der Waals surface area contributed by atoms with E-state index in [0.717, 1.165) is 30.8 Å². The van der Waals surface area contributed by atoms with E-state index in [9.17, 15) is 4.79 Å². The number of carbonyl (C=O) groups is 1. The normalized spacial score (nSPS) is 14.1. The molecule has 2 rings (SSSR count). The molecule has 1 aliphatic rings. The van der Waals surface area contributed by atoms with Crippen LogP contribution in [0.4, 0.5) is 5.69 Å². The second-order valence-corrected chi connectivity index (χ2v) is 13.5. The van der Waals surface area contributed by atoms with Crippen molar-refractivity contribution in [2.75, 3.05) is 18.0 Å². The predicted octanol–water partition coefficient (Wildman–Crippen LogP) is 12.0. The lowest BCUT2D eigenvalue weighted by Gasteiger charge is -2.26. The van der Waals surface area contributed by atoms with Gasteiger partial charge in [0.05, 0.1) is 11.3 Å². The van der Waals surface area contributed by atoms with Crippen LogP contribution in [0, 0.1) is 12.8 Å². The average molecular weight is 595 g/mol. The number of carbonyl (C=O) groups excluding carboxylic acids is 1. The molecule has 4 nitrogen and oxygen atoms in total. The highest BCUT2D eigenvalue weighted by Gasteiger charge is 2.26. The summed E-state index contributed by atoms with van der Waals surface area (Å²) >= 11 is 0. The van der Waals surface area contributed by atoms with Gasteiger partial charge in [0.25, 0.3) is 0 Å². The molecule has 244 valence electrons. The van der Waals surface area contributed by atoms with Crippen molar-refractivity contribution in [3.8, 4) is 0 Å². The highest BCUT2D eigenvalue weighted by Crippen LogP contribution is 2.26. The van der Waals surface area contributed by atoms with Gasteiger partial charge < -0.3 is 9.74 Å². The maximum Gasteiger partial charge on any atom is 0.367 e. The molecule has 0 atom stereocenters. The molecule has 0 fully saturated rings. The second-order valence-electron chi connectivity index (χ2n) is 13.5. The molecule has 0 aliphatic carbocycles. The van der Waals surface area contributed by atoms with Crippen molar-refractivity contribution in [1.29, 1.82) is 0 Å². The number of unbranched alkanes of at least 4 members (excludes halogenated alkanes) is 18. The Morgan fingerprint density at radius 2 is 1.19 bits per heavy atom. The third-order valence-electron chi connectivity index (χ3n) is 8.85. The van der Waals surface area contributed by atoms with E-state index in [1.807, 2.05) is 6.08 Å². The van der Waals surface area contributed by atoms with Gasteiger partial charge in [-0.25, -0.2) is 4.79 Å². The van der Waals surface area contributed by atoms with Crippen LogP contribution in [0.15, 0.2) is 28.9 Å². The smallest absolute Gasteiger partial charge is 0.367 e. The molecule has 0 saturated carbocycles. The van der Waals surface area contributed by atoms with Crippen molar-refractivity contribution in [2.45, 2.75) is 169 Å². The first-order valence-electron chi connectivity index (χ1n) is 18.3. The molecule has 0 saturated heterocycles. The van der Waals surface area contributed by atoms with E-state index >= 15 is 0 Å². The van der Waals surface area contributed by atoms with Gasteiger partial charge in [0.2, 0.25) is 0 Å². The molecule has 1 aromatic carbocycles. The summed E-state index contributed by atoms with van der Waals surface area (Å²) in [7, 11) is 0. The van der Waals surface area contributed by atoms with E-state index in [-0.39, 0.29) is 5.97 Å². The fourth-order valence-electron chi connectivity index (χ4n) is 6.11. The maximum atomic E-state index is 12.4. The van der Waals surface area contributed by atoms with Crippen molar-refractivity contribution in [3.63, 3.8) is 0 Å². The molecule has 0 radical (unpaired) electrons. The first-order valence-corrected chi connectivity index (χ1v) is 18.3. The van der Waals surface area contributed by atoms with Crippen LogP contribution in [0.3, 0.4) is 0 Å². The summed E-state index contributed by atoms with van der Waals surface area (Å²) in [5, 5.41) is 4.05. The number of oxime groups is 1. The highest BCUT2D eigenvalue weighted by atomic mass is 16.7. The number of hydrogen-bond acceptors (Lipinski definition) is 4. The maximum absolute atomic E-state index is 12.4. The number of anilines is 1. The Balaban J connectivity index is 1.91. The standard InChI is InChI=1S/C39H66N2O2/c1-6-8-10-12-14-16-18-20-22-24-28-41(29-25-23-21-19-17-15-13-11-9-7-2)36-27-26-35(34(5)31-36)32-37-38(30-33(3)4)40-43-39(37)42/h26-27,31-33H,6-25,28-30H2,1-5H3. The number of benzene rings is 1. The van der Waals surface area contributed by atoms with Gasteiger partial charge in [-0.2, -0.15) is 0 Å². The van der Waals surface area contributed by atoms with Crippen LogP contribution in [-0.2, 0) is 9.63 Å². The molecule has 0 unspecified atom stereocenters. The summed E-state index contributed by atoms with van der Waals surface area (Å²) in [5.41, 5.74) is 4.97. The van der Waals surface area contributed by atoms with E-state index in [1.54, 1.807) is 0 Å². The number of hydrogen-bond donors (Lipinski definition) is 0. The van der Waals surface area contributed by atoms with Crippen LogP contribution in [-0.4, -0.2) is 24.8 Å². The Morgan fingerprint density at radius 1 is 0.721 bits per heavy atom. The molecule has 1 heterocycles. The summed E-state index contributed by atoms with van der Waals surface area (Å²) in [6.07, 6.45) is 30.1. The molecule has 0 N–H and O–H groups in total. The summed E-state index contributed by atoms with van der Waals surface area (Å²) in [5.74, 6) is 0.0907. The minimum absolute atomic E-state index is 0.331. The number of aryl methyl sites for hydroxylation is 1. The Kier molecular flexibility index (Phi) is 20.1. The lowest BCUT2D eigenvalue weighted by atomic mass is 9.97. The van der Waals surface area contributed by atoms with Crippen LogP contribution in [0.2, 0.25) is 0 Å². The zero-order chi connectivity index (χ0) is 31.1. The molecule has 4 heteroatoms. The first-order chi connectivity index (χ1) is 21.0. The SMILES string of the molecule is CCCCCCCCCCCCN(CCCCCCCCCCCC)c1ccc(C=C2C(=O)ON=C2CC(C)C)c(C)c1. The predicted molar refractivity (Wildman–Crippen MR) is 188 cm³/mol. The van der Waals surface area contributed by atoms with Crippen LogP contribution in [0.5, 0.6) is 0 Å². The van der Waals surface area contributed by atoms with Gasteiger partial charge in [-0.1, -0.05) is 154 Å². The Morgan fingerprint density at radius 3 is 1.63 bits per heavy atom. The number of rotatable bonds is 26. The van der Waals surface area contributed by atoms with Gasteiger partial charge in [-0.05, 0) is 61.4 Å². The average Bonchev–Trinajstić information content (AvgIpc) is 3.32. The zero-order valence-corrected chi connectivity index (χ0v) is 28.9. The largest absolute Gasteiger partial charge is 0.372 e. The van der Waals surface area contributed by atoms with Crippen molar-refractivity contribution in [1.82, 2.24) is 0 Å². The van der Waals surface area contributed by atoms with Gasteiger partial charge in [0.15, 0.2) is 0 Å². The Labute approximate surface area is 266 Å². The molecular formula is C39H66N2O2. The van der Waals surface area contributed by atoms with Crippen LogP contribution in [0.1, 0.15) is 174 Å². The van der Waals surface area contributed by atoms with Crippen molar-refractivity contribution in [2.24, 2.45) is 11.1 Å². The number of nitrogens with zero attached hydrogens (tertiary/aromatic N) is 2. The van der Waals surface area contributed by atoms with E-state index < -0.39 is 0 Å². The van der Waals surface area contributed by atoms with Crippen molar-refractivity contribution in [3.05, 3.63) is 34.9 Å². The summed E-state index contributed by atoms with van der Waals surface area (Å²) < 4.78 is 0. The minimum Gasteiger partial charge on any atom is -0.372 e. The Hall–Kier alpha value is -2.10. The quantitative estimate of drug-likeness (QED) is 0.0608. The van der Waals surface area contributed by atoms with Crippen LogP contribution in [0.25, 0.3) is 6.08 Å². The summed E-state index contributed by atoms with van der Waals surface area (Å²) in [6.45, 7) is 13.3. The highest BCUT2D eigenvalue weighted by molar-refractivity contribution is 6.25. The van der Waals surface area contributed by atoms with Gasteiger partial charge in [0, 0.05) is 18.8 Å².